The summed E-state index contributed by atoms with van der Waals surface area (Å²) in [6, 6.07) is 1.80. The third kappa shape index (κ3) is 3.10. The summed E-state index contributed by atoms with van der Waals surface area (Å²) in [6.07, 6.45) is 5.78. The third-order valence-electron chi connectivity index (χ3n) is 4.63. The molecule has 4 nitrogen and oxygen atoms in total. The lowest BCUT2D eigenvalue weighted by molar-refractivity contribution is -0.103. The van der Waals surface area contributed by atoms with Crippen molar-refractivity contribution in [3.63, 3.8) is 0 Å². The minimum atomic E-state index is -0.230. The van der Waals surface area contributed by atoms with E-state index in [-0.39, 0.29) is 17.5 Å². The van der Waals surface area contributed by atoms with Crippen molar-refractivity contribution in [1.29, 1.82) is 0 Å². The monoisotopic (exact) mass is 294 g/mol. The molecule has 2 fully saturated rings. The first-order valence-electron chi connectivity index (χ1n) is 7.78. The van der Waals surface area contributed by atoms with Crippen LogP contribution < -0.4 is 5.32 Å². The van der Waals surface area contributed by atoms with E-state index < -0.39 is 0 Å². The van der Waals surface area contributed by atoms with Crippen molar-refractivity contribution in [3.8, 4) is 0 Å². The number of pyridine rings is 1. The number of rotatable bonds is 4. The van der Waals surface area contributed by atoms with Crippen LogP contribution in [0.5, 0.6) is 0 Å². The fourth-order valence-electron chi connectivity index (χ4n) is 3.60. The predicted molar refractivity (Wildman–Crippen MR) is 77.5 cm³/mol. The molecule has 5 heteroatoms. The van der Waals surface area contributed by atoms with Crippen LogP contribution in [0.1, 0.15) is 37.8 Å². The first-order chi connectivity index (χ1) is 10.2. The predicted octanol–water partition coefficient (Wildman–Crippen LogP) is 2.46. The number of ether oxygens (including phenoxy) is 2. The van der Waals surface area contributed by atoms with E-state index in [1.165, 1.54) is 6.20 Å². The lowest BCUT2D eigenvalue weighted by Gasteiger charge is -2.40. The van der Waals surface area contributed by atoms with Crippen LogP contribution in [0.4, 0.5) is 4.39 Å². The second kappa shape index (κ2) is 6.38. The van der Waals surface area contributed by atoms with Crippen molar-refractivity contribution < 1.29 is 13.9 Å². The van der Waals surface area contributed by atoms with Gasteiger partial charge in [-0.05, 0) is 31.4 Å². The van der Waals surface area contributed by atoms with Gasteiger partial charge >= 0.3 is 0 Å². The standard InChI is InChI=1S/C16H23FN2O2/c1-2-19-15(13-3-6-18-10-14(13)17)12-4-7-21-16(9-12)5-8-20-11-16/h3,6,10,12,15,19H,2,4-5,7-9,11H2,1H3. The average molecular weight is 294 g/mol. The fourth-order valence-corrected chi connectivity index (χ4v) is 3.60. The molecule has 0 radical (unpaired) electrons. The summed E-state index contributed by atoms with van der Waals surface area (Å²) in [7, 11) is 0. The van der Waals surface area contributed by atoms with Crippen LogP contribution in [-0.4, -0.2) is 37.0 Å². The van der Waals surface area contributed by atoms with Crippen LogP contribution in [-0.2, 0) is 9.47 Å². The number of hydrogen-bond acceptors (Lipinski definition) is 4. The lowest BCUT2D eigenvalue weighted by Crippen LogP contribution is -2.44. The topological polar surface area (TPSA) is 43.4 Å². The van der Waals surface area contributed by atoms with Gasteiger partial charge in [-0.15, -0.1) is 0 Å². The highest BCUT2D eigenvalue weighted by Gasteiger charge is 2.43. The fraction of sp³-hybridized carbons (Fsp3) is 0.688. The van der Waals surface area contributed by atoms with Gasteiger partial charge in [-0.1, -0.05) is 6.92 Å². The van der Waals surface area contributed by atoms with E-state index in [2.05, 4.69) is 17.2 Å². The van der Waals surface area contributed by atoms with Gasteiger partial charge in [0, 0.05) is 37.4 Å². The van der Waals surface area contributed by atoms with E-state index in [0.29, 0.717) is 18.1 Å². The van der Waals surface area contributed by atoms with Crippen molar-refractivity contribution in [1.82, 2.24) is 10.3 Å². The van der Waals surface area contributed by atoms with Crippen LogP contribution in [0.2, 0.25) is 0 Å². The first kappa shape index (κ1) is 14.9. The summed E-state index contributed by atoms with van der Waals surface area (Å²) in [5.41, 5.74) is 0.563. The highest BCUT2D eigenvalue weighted by atomic mass is 19.1. The molecule has 1 aromatic heterocycles. The Morgan fingerprint density at radius 2 is 2.43 bits per heavy atom. The SMILES string of the molecule is CCNC(c1ccncc1F)C1CCOC2(CCOC2)C1. The Morgan fingerprint density at radius 1 is 1.52 bits per heavy atom. The molecular formula is C16H23FN2O2. The molecule has 0 aromatic carbocycles. The molecule has 0 saturated carbocycles. The van der Waals surface area contributed by atoms with Crippen molar-refractivity contribution in [2.24, 2.45) is 5.92 Å². The van der Waals surface area contributed by atoms with Gasteiger partial charge in [0.25, 0.3) is 0 Å². The maximum atomic E-state index is 14.1. The zero-order chi connectivity index (χ0) is 14.7. The second-order valence-corrected chi connectivity index (χ2v) is 6.02. The van der Waals surface area contributed by atoms with E-state index >= 15 is 0 Å². The van der Waals surface area contributed by atoms with Gasteiger partial charge < -0.3 is 14.8 Å². The van der Waals surface area contributed by atoms with Crippen molar-refractivity contribution in [2.75, 3.05) is 26.4 Å². The zero-order valence-electron chi connectivity index (χ0n) is 12.5. The molecule has 0 bridgehead atoms. The minimum Gasteiger partial charge on any atom is -0.378 e. The third-order valence-corrected chi connectivity index (χ3v) is 4.63. The molecule has 116 valence electrons. The highest BCUT2D eigenvalue weighted by molar-refractivity contribution is 5.19. The molecule has 21 heavy (non-hydrogen) atoms. The molecule has 3 atom stereocenters. The Hall–Kier alpha value is -1.04. The highest BCUT2D eigenvalue weighted by Crippen LogP contribution is 2.41. The van der Waals surface area contributed by atoms with Gasteiger partial charge in [0.2, 0.25) is 0 Å². The van der Waals surface area contributed by atoms with Crippen LogP contribution in [0.15, 0.2) is 18.5 Å². The molecule has 2 saturated heterocycles. The van der Waals surface area contributed by atoms with E-state index in [1.54, 1.807) is 12.3 Å². The van der Waals surface area contributed by atoms with Gasteiger partial charge in [0.05, 0.1) is 18.4 Å². The Bertz CT molecular complexity index is 477. The summed E-state index contributed by atoms with van der Waals surface area (Å²) in [5.74, 6) is 0.129. The average Bonchev–Trinajstić information content (AvgIpc) is 2.93. The molecule has 2 aliphatic heterocycles. The maximum Gasteiger partial charge on any atom is 0.146 e. The molecule has 0 amide bonds. The normalized spacial score (nSPS) is 30.7. The van der Waals surface area contributed by atoms with E-state index in [1.807, 2.05) is 0 Å². The quantitative estimate of drug-likeness (QED) is 0.926. The van der Waals surface area contributed by atoms with Crippen molar-refractivity contribution >= 4 is 0 Å². The molecule has 3 unspecified atom stereocenters. The number of nitrogens with one attached hydrogen (secondary N) is 1. The van der Waals surface area contributed by atoms with Gasteiger partial charge in [-0.25, -0.2) is 4.39 Å². The molecule has 2 aliphatic rings. The van der Waals surface area contributed by atoms with Crippen molar-refractivity contribution in [3.05, 3.63) is 29.8 Å². The Morgan fingerprint density at radius 3 is 3.14 bits per heavy atom. The Labute approximate surface area is 125 Å². The maximum absolute atomic E-state index is 14.1. The summed E-state index contributed by atoms with van der Waals surface area (Å²) in [5, 5.41) is 3.45. The van der Waals surface area contributed by atoms with E-state index in [0.717, 1.165) is 39.0 Å². The number of nitrogens with zero attached hydrogens (tertiary/aromatic N) is 1. The number of aromatic nitrogens is 1. The number of halogens is 1. The van der Waals surface area contributed by atoms with Crippen LogP contribution in [0, 0.1) is 11.7 Å². The van der Waals surface area contributed by atoms with Gasteiger partial charge in [0.15, 0.2) is 0 Å². The van der Waals surface area contributed by atoms with Crippen LogP contribution >= 0.6 is 0 Å². The van der Waals surface area contributed by atoms with Crippen LogP contribution in [0.25, 0.3) is 0 Å². The largest absolute Gasteiger partial charge is 0.378 e. The lowest BCUT2D eigenvalue weighted by atomic mass is 9.79. The smallest absolute Gasteiger partial charge is 0.146 e. The number of hydrogen-bond donors (Lipinski definition) is 1. The molecule has 1 spiro atoms. The molecule has 1 aromatic rings. The molecule has 3 rings (SSSR count). The van der Waals surface area contributed by atoms with Gasteiger partial charge in [-0.3, -0.25) is 4.98 Å². The molecular weight excluding hydrogens is 271 g/mol. The van der Waals surface area contributed by atoms with Gasteiger partial charge in [0.1, 0.15) is 5.82 Å². The van der Waals surface area contributed by atoms with Crippen LogP contribution in [0.3, 0.4) is 0 Å². The summed E-state index contributed by atoms with van der Waals surface area (Å²) >= 11 is 0. The summed E-state index contributed by atoms with van der Waals surface area (Å²) in [6.45, 7) is 5.03. The molecule has 3 heterocycles. The Kier molecular flexibility index (Phi) is 4.52. The zero-order valence-corrected chi connectivity index (χ0v) is 12.5. The Balaban J connectivity index is 1.82. The summed E-state index contributed by atoms with van der Waals surface area (Å²) < 4.78 is 25.6. The molecule has 0 aliphatic carbocycles. The summed E-state index contributed by atoms with van der Waals surface area (Å²) in [4.78, 5) is 3.86. The minimum absolute atomic E-state index is 0.0133. The van der Waals surface area contributed by atoms with Gasteiger partial charge in [-0.2, -0.15) is 0 Å². The first-order valence-corrected chi connectivity index (χ1v) is 7.78. The second-order valence-electron chi connectivity index (χ2n) is 6.02. The van der Waals surface area contributed by atoms with Crippen molar-refractivity contribution in [2.45, 2.75) is 37.8 Å². The van der Waals surface area contributed by atoms with E-state index in [9.17, 15) is 4.39 Å². The molecule has 1 N–H and O–H groups in total. The van der Waals surface area contributed by atoms with E-state index in [4.69, 9.17) is 9.47 Å².